The summed E-state index contributed by atoms with van der Waals surface area (Å²) in [4.78, 5) is 27.1. The van der Waals surface area contributed by atoms with Gasteiger partial charge in [0.05, 0.1) is 6.10 Å². The highest BCUT2D eigenvalue weighted by atomic mass is 16.5. The van der Waals surface area contributed by atoms with E-state index < -0.39 is 13.0 Å². The number of carbonyl (C=O) groups is 2. The molecule has 5 nitrogen and oxygen atoms in total. The van der Waals surface area contributed by atoms with E-state index in [-0.39, 0.29) is 29.5 Å². The molecule has 37 heavy (non-hydrogen) atoms. The summed E-state index contributed by atoms with van der Waals surface area (Å²) in [6.45, 7) is 7.99. The number of aromatic hydroxyl groups is 1. The molecule has 2 N–H and O–H groups in total. The molecule has 0 unspecified atom stereocenters. The molecule has 1 fully saturated rings. The van der Waals surface area contributed by atoms with Gasteiger partial charge in [0, 0.05) is 23.0 Å². The standard InChI is InChI=1S/C31H35BO5/c1-5-21-15-24-28(31(35)23-9-7-6-8-22(23)30(24)34)25-16-32(36)37-26(27(21)25)11-10-17(2)12-20-13-18(3)29(33)19(4)14-20/h6-9,12-14,24-26,28,33,36H,5,10-11,15-16H2,1-4H3/b17-12+/t24-,25+,26-,28-/m1/s1. The Morgan fingerprint density at radius 1 is 1.08 bits per heavy atom. The van der Waals surface area contributed by atoms with Gasteiger partial charge in [0.15, 0.2) is 11.6 Å². The van der Waals surface area contributed by atoms with E-state index in [0.29, 0.717) is 36.0 Å². The van der Waals surface area contributed by atoms with Crippen molar-refractivity contribution in [1.29, 1.82) is 0 Å². The van der Waals surface area contributed by atoms with Crippen molar-refractivity contribution in [1.82, 2.24) is 0 Å². The van der Waals surface area contributed by atoms with Crippen molar-refractivity contribution in [2.24, 2.45) is 17.8 Å². The molecular formula is C31H35BO5. The van der Waals surface area contributed by atoms with Crippen molar-refractivity contribution in [2.75, 3.05) is 0 Å². The molecule has 2 aliphatic carbocycles. The van der Waals surface area contributed by atoms with Gasteiger partial charge in [0.1, 0.15) is 5.75 Å². The number of phenolic OH excluding ortho intramolecular Hbond substituents is 1. The maximum absolute atomic E-state index is 13.7. The van der Waals surface area contributed by atoms with Gasteiger partial charge >= 0.3 is 7.12 Å². The maximum Gasteiger partial charge on any atom is 0.455 e. The monoisotopic (exact) mass is 498 g/mol. The van der Waals surface area contributed by atoms with Gasteiger partial charge in [-0.3, -0.25) is 9.59 Å². The third-order valence-electron chi connectivity index (χ3n) is 8.52. The second kappa shape index (κ2) is 10.1. The summed E-state index contributed by atoms with van der Waals surface area (Å²) in [6, 6.07) is 11.1. The first-order chi connectivity index (χ1) is 17.7. The minimum Gasteiger partial charge on any atom is -0.507 e. The number of hydrogen-bond acceptors (Lipinski definition) is 5. The van der Waals surface area contributed by atoms with Crippen LogP contribution >= 0.6 is 0 Å². The van der Waals surface area contributed by atoms with Gasteiger partial charge in [0.25, 0.3) is 0 Å². The van der Waals surface area contributed by atoms with Crippen molar-refractivity contribution < 1.29 is 24.4 Å². The fourth-order valence-corrected chi connectivity index (χ4v) is 6.80. The van der Waals surface area contributed by atoms with Crippen LogP contribution in [0.5, 0.6) is 5.75 Å². The Morgan fingerprint density at radius 2 is 1.73 bits per heavy atom. The fourth-order valence-electron chi connectivity index (χ4n) is 6.80. The highest BCUT2D eigenvalue weighted by Gasteiger charge is 2.53. The fraction of sp³-hybridized carbons (Fsp3) is 0.419. The average molecular weight is 498 g/mol. The lowest BCUT2D eigenvalue weighted by atomic mass is 9.54. The third kappa shape index (κ3) is 4.62. The molecule has 0 saturated carbocycles. The van der Waals surface area contributed by atoms with E-state index in [2.05, 4.69) is 19.9 Å². The molecule has 2 aromatic carbocycles. The van der Waals surface area contributed by atoms with E-state index in [4.69, 9.17) is 4.65 Å². The van der Waals surface area contributed by atoms with E-state index in [1.54, 1.807) is 12.1 Å². The number of rotatable bonds is 5. The molecule has 1 heterocycles. The Kier molecular flexibility index (Phi) is 6.99. The lowest BCUT2D eigenvalue weighted by molar-refractivity contribution is 0.0599. The van der Waals surface area contributed by atoms with Crippen LogP contribution in [0.25, 0.3) is 6.08 Å². The van der Waals surface area contributed by atoms with Gasteiger partial charge in [-0.05, 0) is 93.1 Å². The Hall–Kier alpha value is -2.96. The number of hydrogen-bond donors (Lipinski definition) is 2. The van der Waals surface area contributed by atoms with Crippen molar-refractivity contribution in [2.45, 2.75) is 65.8 Å². The molecule has 4 atom stereocenters. The largest absolute Gasteiger partial charge is 0.507 e. The number of Topliss-reactive ketones (excluding diaryl/α,β-unsaturated/α-hetero) is 2. The molecule has 1 aliphatic heterocycles. The van der Waals surface area contributed by atoms with Crippen LogP contribution in [0.4, 0.5) is 0 Å². The SMILES string of the molecule is CCC1=C2[C@@H](CC/C(C)=C/c3cc(C)c(O)c(C)c3)OB(O)C[C@@H]2[C@@H]2C(=O)c3ccccc3C(=O)[C@@H]2C1. The van der Waals surface area contributed by atoms with Gasteiger partial charge in [-0.25, -0.2) is 0 Å². The van der Waals surface area contributed by atoms with E-state index >= 15 is 0 Å². The zero-order valence-electron chi connectivity index (χ0n) is 22.1. The number of benzene rings is 2. The summed E-state index contributed by atoms with van der Waals surface area (Å²) in [5.41, 5.74) is 7.32. The topological polar surface area (TPSA) is 83.8 Å². The summed E-state index contributed by atoms with van der Waals surface area (Å²) in [5, 5.41) is 20.8. The molecule has 0 aromatic heterocycles. The van der Waals surface area contributed by atoms with Crippen LogP contribution in [-0.4, -0.2) is 34.9 Å². The zero-order valence-corrected chi connectivity index (χ0v) is 22.1. The van der Waals surface area contributed by atoms with E-state index in [1.165, 1.54) is 11.1 Å². The van der Waals surface area contributed by atoms with Gasteiger partial charge < -0.3 is 14.8 Å². The van der Waals surface area contributed by atoms with E-state index in [9.17, 15) is 19.7 Å². The quantitative estimate of drug-likeness (QED) is 0.384. The predicted octanol–water partition coefficient (Wildman–Crippen LogP) is 6.11. The number of allylic oxidation sites excluding steroid dienone is 2. The summed E-state index contributed by atoms with van der Waals surface area (Å²) >= 11 is 0. The van der Waals surface area contributed by atoms with E-state index in [1.807, 2.05) is 38.1 Å². The number of fused-ring (bicyclic) bond motifs is 4. The van der Waals surface area contributed by atoms with Gasteiger partial charge in [0.2, 0.25) is 0 Å². The van der Waals surface area contributed by atoms with Crippen molar-refractivity contribution in [3.8, 4) is 5.75 Å². The first kappa shape index (κ1) is 25.7. The molecule has 5 rings (SSSR count). The zero-order chi connectivity index (χ0) is 26.4. The van der Waals surface area contributed by atoms with Crippen molar-refractivity contribution in [3.05, 3.63) is 80.9 Å². The molecule has 0 spiro atoms. The summed E-state index contributed by atoms with van der Waals surface area (Å²) in [7, 11) is -0.956. The first-order valence-electron chi connectivity index (χ1n) is 13.4. The summed E-state index contributed by atoms with van der Waals surface area (Å²) < 4.78 is 6.09. The maximum atomic E-state index is 13.7. The minimum absolute atomic E-state index is 0.0276. The molecule has 1 saturated heterocycles. The molecular weight excluding hydrogens is 463 g/mol. The third-order valence-corrected chi connectivity index (χ3v) is 8.52. The first-order valence-corrected chi connectivity index (χ1v) is 13.4. The second-order valence-electron chi connectivity index (χ2n) is 11.0. The smallest absolute Gasteiger partial charge is 0.455 e. The van der Waals surface area contributed by atoms with Gasteiger partial charge in [-0.2, -0.15) is 0 Å². The molecule has 6 heteroatoms. The molecule has 3 aliphatic rings. The average Bonchev–Trinajstić information content (AvgIpc) is 2.87. The number of ketones is 2. The Bertz CT molecular complexity index is 1300. The second-order valence-corrected chi connectivity index (χ2v) is 11.0. The van der Waals surface area contributed by atoms with E-state index in [0.717, 1.165) is 35.1 Å². The minimum atomic E-state index is -0.956. The summed E-state index contributed by atoms with van der Waals surface area (Å²) in [6.07, 6.45) is 5.05. The van der Waals surface area contributed by atoms with Crippen molar-refractivity contribution in [3.63, 3.8) is 0 Å². The molecule has 0 bridgehead atoms. The summed E-state index contributed by atoms with van der Waals surface area (Å²) in [5.74, 6) is -0.564. The van der Waals surface area contributed by atoms with Crippen LogP contribution in [0.3, 0.4) is 0 Å². The predicted molar refractivity (Wildman–Crippen MR) is 146 cm³/mol. The highest BCUT2D eigenvalue weighted by molar-refractivity contribution is 6.43. The molecule has 2 aromatic rings. The normalized spacial score (nSPS) is 25.6. The van der Waals surface area contributed by atoms with Crippen LogP contribution in [0.1, 0.15) is 76.9 Å². The van der Waals surface area contributed by atoms with Crippen molar-refractivity contribution >= 4 is 24.8 Å². The Balaban J connectivity index is 1.43. The number of aryl methyl sites for hydroxylation is 2. The molecule has 0 radical (unpaired) electrons. The van der Waals surface area contributed by atoms with Crippen LogP contribution in [0.2, 0.25) is 6.32 Å². The molecule has 192 valence electrons. The van der Waals surface area contributed by atoms with Crippen LogP contribution in [0, 0.1) is 31.6 Å². The van der Waals surface area contributed by atoms with Gasteiger partial charge in [-0.15, -0.1) is 0 Å². The van der Waals surface area contributed by atoms with Crippen LogP contribution in [0.15, 0.2) is 53.1 Å². The molecule has 0 amide bonds. The van der Waals surface area contributed by atoms with Gasteiger partial charge in [-0.1, -0.05) is 48.4 Å². The lowest BCUT2D eigenvalue weighted by Gasteiger charge is -2.47. The van der Waals surface area contributed by atoms with Crippen LogP contribution < -0.4 is 0 Å². The number of phenols is 1. The van der Waals surface area contributed by atoms with Crippen LogP contribution in [-0.2, 0) is 4.65 Å². The Morgan fingerprint density at radius 3 is 2.38 bits per heavy atom. The lowest BCUT2D eigenvalue weighted by Crippen LogP contribution is -2.50. The number of carbonyl (C=O) groups excluding carboxylic acids is 2. The highest BCUT2D eigenvalue weighted by Crippen LogP contribution is 2.51. The Labute approximate surface area is 219 Å².